The van der Waals surface area contributed by atoms with Crippen LogP contribution in [0.25, 0.3) is 10.8 Å². The summed E-state index contributed by atoms with van der Waals surface area (Å²) >= 11 is 0. The zero-order valence-electron chi connectivity index (χ0n) is 14.6. The van der Waals surface area contributed by atoms with Gasteiger partial charge in [-0.2, -0.15) is 0 Å². The SMILES string of the molecule is Cl.O=C(C1CCNC1)N(Cc1cccc2ccccc12)C1CCCC1. The molecule has 1 N–H and O–H groups in total. The largest absolute Gasteiger partial charge is 0.335 e. The van der Waals surface area contributed by atoms with E-state index >= 15 is 0 Å². The summed E-state index contributed by atoms with van der Waals surface area (Å²) in [5, 5.41) is 5.88. The quantitative estimate of drug-likeness (QED) is 0.890. The van der Waals surface area contributed by atoms with E-state index in [9.17, 15) is 4.79 Å². The van der Waals surface area contributed by atoms with Crippen LogP contribution in [-0.4, -0.2) is 29.9 Å². The summed E-state index contributed by atoms with van der Waals surface area (Å²) < 4.78 is 0. The van der Waals surface area contributed by atoms with Crippen molar-refractivity contribution in [3.63, 3.8) is 0 Å². The Morgan fingerprint density at radius 1 is 1.04 bits per heavy atom. The highest BCUT2D eigenvalue weighted by Crippen LogP contribution is 2.29. The summed E-state index contributed by atoms with van der Waals surface area (Å²) in [4.78, 5) is 15.4. The number of halogens is 1. The maximum absolute atomic E-state index is 13.2. The smallest absolute Gasteiger partial charge is 0.227 e. The summed E-state index contributed by atoms with van der Waals surface area (Å²) in [7, 11) is 0. The molecule has 1 saturated carbocycles. The van der Waals surface area contributed by atoms with Crippen LogP contribution in [0.15, 0.2) is 42.5 Å². The van der Waals surface area contributed by atoms with Crippen LogP contribution in [0.4, 0.5) is 0 Å². The lowest BCUT2D eigenvalue weighted by molar-refractivity contribution is -0.137. The second-order valence-electron chi connectivity index (χ2n) is 7.23. The number of amides is 1. The second kappa shape index (κ2) is 8.20. The van der Waals surface area contributed by atoms with Crippen molar-refractivity contribution in [2.75, 3.05) is 13.1 Å². The van der Waals surface area contributed by atoms with Gasteiger partial charge in [0.1, 0.15) is 0 Å². The van der Waals surface area contributed by atoms with Gasteiger partial charge >= 0.3 is 0 Å². The van der Waals surface area contributed by atoms with Crippen LogP contribution in [0.5, 0.6) is 0 Å². The number of hydrogen-bond donors (Lipinski definition) is 1. The Kier molecular flexibility index (Phi) is 5.98. The van der Waals surface area contributed by atoms with Gasteiger partial charge in [0.2, 0.25) is 5.91 Å². The normalized spacial score (nSPS) is 20.6. The molecule has 1 atom stereocenters. The molecule has 1 heterocycles. The lowest BCUT2D eigenvalue weighted by atomic mass is 10.0. The Hall–Kier alpha value is -1.58. The van der Waals surface area contributed by atoms with Crippen molar-refractivity contribution in [1.29, 1.82) is 0 Å². The highest BCUT2D eigenvalue weighted by molar-refractivity contribution is 5.86. The molecule has 2 fully saturated rings. The topological polar surface area (TPSA) is 32.3 Å². The number of hydrogen-bond acceptors (Lipinski definition) is 2. The second-order valence-corrected chi connectivity index (χ2v) is 7.23. The van der Waals surface area contributed by atoms with Gasteiger partial charge in [-0.15, -0.1) is 12.4 Å². The van der Waals surface area contributed by atoms with Crippen molar-refractivity contribution in [1.82, 2.24) is 10.2 Å². The van der Waals surface area contributed by atoms with Crippen molar-refractivity contribution >= 4 is 29.1 Å². The van der Waals surface area contributed by atoms with Crippen molar-refractivity contribution in [3.8, 4) is 0 Å². The van der Waals surface area contributed by atoms with E-state index in [1.807, 2.05) is 0 Å². The van der Waals surface area contributed by atoms with Crippen LogP contribution in [0.2, 0.25) is 0 Å². The zero-order chi connectivity index (χ0) is 16.4. The third kappa shape index (κ3) is 3.83. The molecule has 1 aliphatic heterocycles. The highest BCUT2D eigenvalue weighted by atomic mass is 35.5. The molecule has 1 amide bonds. The summed E-state index contributed by atoms with van der Waals surface area (Å²) in [5.41, 5.74) is 1.28. The first-order valence-corrected chi connectivity index (χ1v) is 9.31. The summed E-state index contributed by atoms with van der Waals surface area (Å²) in [6, 6.07) is 15.4. The molecule has 4 heteroatoms. The molecule has 1 unspecified atom stereocenters. The van der Waals surface area contributed by atoms with Crippen molar-refractivity contribution in [3.05, 3.63) is 48.0 Å². The van der Waals surface area contributed by atoms with Gasteiger partial charge in [0, 0.05) is 19.1 Å². The molecule has 0 radical (unpaired) electrons. The van der Waals surface area contributed by atoms with Crippen molar-refractivity contribution in [2.45, 2.75) is 44.7 Å². The van der Waals surface area contributed by atoms with Gasteiger partial charge in [0.05, 0.1) is 5.92 Å². The number of nitrogens with zero attached hydrogens (tertiary/aromatic N) is 1. The standard InChI is InChI=1S/C21H26N2O.ClH/c24-21(17-12-13-22-14-17)23(19-9-2-3-10-19)15-18-8-5-7-16-6-1-4-11-20(16)18;/h1,4-8,11,17,19,22H,2-3,9-10,12-15H2;1H. The molecule has 2 aliphatic rings. The van der Waals surface area contributed by atoms with Gasteiger partial charge in [0.25, 0.3) is 0 Å². The fraction of sp³-hybridized carbons (Fsp3) is 0.476. The molecule has 2 aromatic carbocycles. The van der Waals surface area contributed by atoms with Crippen LogP contribution < -0.4 is 5.32 Å². The fourth-order valence-corrected chi connectivity index (χ4v) is 4.32. The Labute approximate surface area is 156 Å². The van der Waals surface area contributed by atoms with E-state index in [1.165, 1.54) is 29.2 Å². The van der Waals surface area contributed by atoms with Gasteiger partial charge < -0.3 is 10.2 Å². The minimum atomic E-state index is 0. The first-order chi connectivity index (χ1) is 11.8. The Morgan fingerprint density at radius 3 is 2.56 bits per heavy atom. The minimum absolute atomic E-state index is 0. The van der Waals surface area contributed by atoms with Crippen LogP contribution in [0.3, 0.4) is 0 Å². The summed E-state index contributed by atoms with van der Waals surface area (Å²) in [6.45, 7) is 2.57. The molecule has 4 rings (SSSR count). The van der Waals surface area contributed by atoms with Gasteiger partial charge in [-0.1, -0.05) is 55.3 Å². The zero-order valence-corrected chi connectivity index (χ0v) is 15.4. The van der Waals surface area contributed by atoms with Crippen molar-refractivity contribution in [2.24, 2.45) is 5.92 Å². The number of rotatable bonds is 4. The number of nitrogens with one attached hydrogen (secondary N) is 1. The van der Waals surface area contributed by atoms with Gasteiger partial charge in [-0.3, -0.25) is 4.79 Å². The first-order valence-electron chi connectivity index (χ1n) is 9.31. The summed E-state index contributed by atoms with van der Waals surface area (Å²) in [5.74, 6) is 0.528. The lowest BCUT2D eigenvalue weighted by Crippen LogP contribution is -2.42. The van der Waals surface area contributed by atoms with Crippen molar-refractivity contribution < 1.29 is 4.79 Å². The number of fused-ring (bicyclic) bond motifs is 1. The fourth-order valence-electron chi connectivity index (χ4n) is 4.32. The predicted molar refractivity (Wildman–Crippen MR) is 105 cm³/mol. The lowest BCUT2D eigenvalue weighted by Gasteiger charge is -2.31. The van der Waals surface area contributed by atoms with E-state index in [-0.39, 0.29) is 18.3 Å². The summed E-state index contributed by atoms with van der Waals surface area (Å²) in [6.07, 6.45) is 5.82. The Bertz CT molecular complexity index is 715. The van der Waals surface area contributed by atoms with E-state index in [0.29, 0.717) is 11.9 Å². The molecule has 25 heavy (non-hydrogen) atoms. The molecular weight excluding hydrogens is 332 g/mol. The molecule has 0 aromatic heterocycles. The monoisotopic (exact) mass is 358 g/mol. The van der Waals surface area contributed by atoms with E-state index < -0.39 is 0 Å². The third-order valence-corrected chi connectivity index (χ3v) is 5.68. The average molecular weight is 359 g/mol. The van der Waals surface area contributed by atoms with Crippen LogP contribution in [0, 0.1) is 5.92 Å². The molecule has 134 valence electrons. The first kappa shape index (κ1) is 18.2. The van der Waals surface area contributed by atoms with Gasteiger partial charge in [0.15, 0.2) is 0 Å². The molecule has 3 nitrogen and oxygen atoms in total. The van der Waals surface area contributed by atoms with Crippen LogP contribution in [-0.2, 0) is 11.3 Å². The van der Waals surface area contributed by atoms with E-state index in [4.69, 9.17) is 0 Å². The van der Waals surface area contributed by atoms with E-state index in [0.717, 1.165) is 38.9 Å². The number of benzene rings is 2. The molecule has 0 spiro atoms. The number of carbonyl (C=O) groups is 1. The highest BCUT2D eigenvalue weighted by Gasteiger charge is 2.32. The van der Waals surface area contributed by atoms with Gasteiger partial charge in [-0.05, 0) is 42.1 Å². The van der Waals surface area contributed by atoms with Crippen LogP contribution >= 0.6 is 12.4 Å². The molecular formula is C21H27ClN2O. The minimum Gasteiger partial charge on any atom is -0.335 e. The van der Waals surface area contributed by atoms with Gasteiger partial charge in [-0.25, -0.2) is 0 Å². The number of carbonyl (C=O) groups excluding carboxylic acids is 1. The Balaban J connectivity index is 0.00000182. The molecule has 1 saturated heterocycles. The maximum Gasteiger partial charge on any atom is 0.227 e. The third-order valence-electron chi connectivity index (χ3n) is 5.68. The molecule has 0 bridgehead atoms. The Morgan fingerprint density at radius 2 is 1.80 bits per heavy atom. The molecule has 2 aromatic rings. The maximum atomic E-state index is 13.2. The predicted octanol–water partition coefficient (Wildman–Crippen LogP) is 4.14. The van der Waals surface area contributed by atoms with E-state index in [2.05, 4.69) is 52.7 Å². The molecule has 1 aliphatic carbocycles. The average Bonchev–Trinajstić information content (AvgIpc) is 3.32. The van der Waals surface area contributed by atoms with Crippen LogP contribution in [0.1, 0.15) is 37.7 Å². The van der Waals surface area contributed by atoms with E-state index in [1.54, 1.807) is 0 Å².